The van der Waals surface area contributed by atoms with Crippen molar-refractivity contribution in [3.05, 3.63) is 68.8 Å². The molecule has 2 rings (SSSR count). The van der Waals surface area contributed by atoms with Crippen LogP contribution in [0.1, 0.15) is 163 Å². The summed E-state index contributed by atoms with van der Waals surface area (Å²) in [6, 6.07) is 10.4. The number of rotatable bonds is 20. The molecule has 0 amide bonds. The van der Waals surface area contributed by atoms with E-state index in [2.05, 4.69) is 65.8 Å². The molecule has 2 aromatic rings. The fourth-order valence-corrected chi connectivity index (χ4v) is 5.89. The monoisotopic (exact) mass is 504 g/mol. The van der Waals surface area contributed by atoms with Crippen molar-refractivity contribution in [2.75, 3.05) is 0 Å². The van der Waals surface area contributed by atoms with E-state index in [-0.39, 0.29) is 0 Å². The Kier molecular flexibility index (Phi) is 16.0. The molecule has 0 saturated heterocycles. The van der Waals surface area contributed by atoms with Gasteiger partial charge in [-0.15, -0.1) is 0 Å². The van der Waals surface area contributed by atoms with Gasteiger partial charge in [-0.1, -0.05) is 104 Å². The van der Waals surface area contributed by atoms with E-state index in [1.807, 2.05) is 0 Å². The first-order valence-corrected chi connectivity index (χ1v) is 16.4. The van der Waals surface area contributed by atoms with E-state index in [0.717, 1.165) is 6.42 Å². The summed E-state index contributed by atoms with van der Waals surface area (Å²) in [5, 5.41) is 0. The molecule has 0 spiro atoms. The highest BCUT2D eigenvalue weighted by Crippen LogP contribution is 2.28. The van der Waals surface area contributed by atoms with E-state index in [1.165, 1.54) is 116 Å². The Bertz CT molecular complexity index is 755. The van der Waals surface area contributed by atoms with Crippen molar-refractivity contribution < 1.29 is 0 Å². The molecule has 0 fully saturated rings. The Morgan fingerprint density at radius 3 is 0.838 bits per heavy atom. The number of benzene rings is 2. The maximum atomic E-state index is 2.61. The summed E-state index contributed by atoms with van der Waals surface area (Å²) in [4.78, 5) is 0. The number of aryl methyl sites for hydroxylation is 4. The standard InChI is InChI=1S/C37H60/c1-7-13-19-32-26-30(27-33(20-14-8-2)36(32)23-17-11-5)25-31-28-34(21-15-9-3)37(24-18-12-6)35(29-31)22-16-10-4/h26-29H,7-25H2,1-6H3. The quantitative estimate of drug-likeness (QED) is 0.168. The highest BCUT2D eigenvalue weighted by atomic mass is 14.2. The molecule has 0 atom stereocenters. The summed E-state index contributed by atoms with van der Waals surface area (Å²) < 4.78 is 0. The van der Waals surface area contributed by atoms with Gasteiger partial charge < -0.3 is 0 Å². The third-order valence-electron chi connectivity index (χ3n) is 8.16. The Balaban J connectivity index is 2.52. The Morgan fingerprint density at radius 2 is 0.595 bits per heavy atom. The highest BCUT2D eigenvalue weighted by Gasteiger charge is 2.14. The second-order valence-electron chi connectivity index (χ2n) is 11.6. The smallest absolute Gasteiger partial charge is 0.00254 e. The normalized spacial score (nSPS) is 11.4. The molecule has 0 radical (unpaired) electrons. The zero-order valence-corrected chi connectivity index (χ0v) is 25.7. The number of unbranched alkanes of at least 4 members (excludes halogenated alkanes) is 6. The molecule has 0 unspecified atom stereocenters. The lowest BCUT2D eigenvalue weighted by Crippen LogP contribution is -2.06. The first-order chi connectivity index (χ1) is 18.1. The van der Waals surface area contributed by atoms with Crippen LogP contribution in [0.3, 0.4) is 0 Å². The number of hydrogen-bond acceptors (Lipinski definition) is 0. The lowest BCUT2D eigenvalue weighted by Gasteiger charge is -2.20. The van der Waals surface area contributed by atoms with Crippen molar-refractivity contribution in [1.29, 1.82) is 0 Å². The SMILES string of the molecule is CCCCc1cc(Cc2cc(CCCC)c(CCCC)c(CCCC)c2)cc(CCCC)c1CCCC. The van der Waals surface area contributed by atoms with Gasteiger partial charge in [0.1, 0.15) is 0 Å². The van der Waals surface area contributed by atoms with Crippen molar-refractivity contribution in [1.82, 2.24) is 0 Å². The molecule has 0 bridgehead atoms. The van der Waals surface area contributed by atoms with Crippen LogP contribution in [0.5, 0.6) is 0 Å². The molecule has 0 aromatic heterocycles. The van der Waals surface area contributed by atoms with Gasteiger partial charge in [0, 0.05) is 0 Å². The lowest BCUT2D eigenvalue weighted by atomic mass is 9.85. The van der Waals surface area contributed by atoms with E-state index in [1.54, 1.807) is 44.5 Å². The molecule has 2 aromatic carbocycles. The summed E-state index contributed by atoms with van der Waals surface area (Å²) in [6.45, 7) is 14.0. The van der Waals surface area contributed by atoms with Gasteiger partial charge in [-0.2, -0.15) is 0 Å². The van der Waals surface area contributed by atoms with E-state index in [0.29, 0.717) is 0 Å². The van der Waals surface area contributed by atoms with E-state index < -0.39 is 0 Å². The van der Waals surface area contributed by atoms with E-state index in [4.69, 9.17) is 0 Å². The van der Waals surface area contributed by atoms with Crippen molar-refractivity contribution in [3.8, 4) is 0 Å². The zero-order valence-electron chi connectivity index (χ0n) is 25.7. The fourth-order valence-electron chi connectivity index (χ4n) is 5.89. The lowest BCUT2D eigenvalue weighted by molar-refractivity contribution is 0.731. The molecular formula is C37H60. The van der Waals surface area contributed by atoms with Gasteiger partial charge in [0.2, 0.25) is 0 Å². The average Bonchev–Trinajstić information content (AvgIpc) is 2.91. The van der Waals surface area contributed by atoms with E-state index in [9.17, 15) is 0 Å². The van der Waals surface area contributed by atoms with Gasteiger partial charge in [0.25, 0.3) is 0 Å². The van der Waals surface area contributed by atoms with Gasteiger partial charge >= 0.3 is 0 Å². The summed E-state index contributed by atoms with van der Waals surface area (Å²) in [5.41, 5.74) is 13.2. The van der Waals surface area contributed by atoms with Crippen molar-refractivity contribution in [3.63, 3.8) is 0 Å². The molecule has 0 saturated carbocycles. The van der Waals surface area contributed by atoms with Gasteiger partial charge in [0.05, 0.1) is 0 Å². The van der Waals surface area contributed by atoms with Crippen LogP contribution in [-0.4, -0.2) is 0 Å². The second kappa shape index (κ2) is 18.7. The van der Waals surface area contributed by atoms with Crippen LogP contribution in [-0.2, 0) is 44.9 Å². The van der Waals surface area contributed by atoms with E-state index >= 15 is 0 Å². The van der Waals surface area contributed by atoms with Gasteiger partial charge in [-0.3, -0.25) is 0 Å². The summed E-state index contributed by atoms with van der Waals surface area (Å²) in [6.07, 6.45) is 24.2. The topological polar surface area (TPSA) is 0 Å². The Morgan fingerprint density at radius 1 is 0.351 bits per heavy atom. The third kappa shape index (κ3) is 10.6. The maximum absolute atomic E-state index is 2.61. The molecule has 0 N–H and O–H groups in total. The van der Waals surface area contributed by atoms with Crippen LogP contribution in [0.2, 0.25) is 0 Å². The highest BCUT2D eigenvalue weighted by molar-refractivity contribution is 5.45. The fraction of sp³-hybridized carbons (Fsp3) is 0.676. The first kappa shape index (κ1) is 31.7. The van der Waals surface area contributed by atoms with Crippen molar-refractivity contribution in [2.24, 2.45) is 0 Å². The van der Waals surface area contributed by atoms with Crippen LogP contribution < -0.4 is 0 Å². The summed E-state index contributed by atoms with van der Waals surface area (Å²) in [5.74, 6) is 0. The zero-order chi connectivity index (χ0) is 26.9. The average molecular weight is 505 g/mol. The van der Waals surface area contributed by atoms with Crippen LogP contribution in [0.4, 0.5) is 0 Å². The maximum Gasteiger partial charge on any atom is -0.00254 e. The van der Waals surface area contributed by atoms with Crippen LogP contribution in [0.25, 0.3) is 0 Å². The van der Waals surface area contributed by atoms with Gasteiger partial charge in [-0.05, 0) is 128 Å². The van der Waals surface area contributed by atoms with Crippen LogP contribution >= 0.6 is 0 Å². The molecule has 37 heavy (non-hydrogen) atoms. The minimum atomic E-state index is 1.10. The Labute approximate surface area is 232 Å². The molecule has 0 aliphatic rings. The molecule has 0 aliphatic carbocycles. The second-order valence-corrected chi connectivity index (χ2v) is 11.6. The van der Waals surface area contributed by atoms with Crippen molar-refractivity contribution >= 4 is 0 Å². The molecule has 0 nitrogen and oxygen atoms in total. The molecular weight excluding hydrogens is 444 g/mol. The largest absolute Gasteiger partial charge is 0.0654 e. The minimum Gasteiger partial charge on any atom is -0.0654 e. The predicted octanol–water partition coefficient (Wildman–Crippen LogP) is 11.3. The molecule has 0 aliphatic heterocycles. The predicted molar refractivity (Wildman–Crippen MR) is 167 cm³/mol. The van der Waals surface area contributed by atoms with Crippen molar-refractivity contribution in [2.45, 2.75) is 164 Å². The molecule has 208 valence electrons. The minimum absolute atomic E-state index is 1.10. The first-order valence-electron chi connectivity index (χ1n) is 16.4. The number of hydrogen-bond donors (Lipinski definition) is 0. The summed E-state index contributed by atoms with van der Waals surface area (Å²) >= 11 is 0. The molecule has 0 heterocycles. The van der Waals surface area contributed by atoms with Crippen LogP contribution in [0, 0.1) is 0 Å². The summed E-state index contributed by atoms with van der Waals surface area (Å²) in [7, 11) is 0. The third-order valence-corrected chi connectivity index (χ3v) is 8.16. The van der Waals surface area contributed by atoms with Gasteiger partial charge in [-0.25, -0.2) is 0 Å². The van der Waals surface area contributed by atoms with Gasteiger partial charge in [0.15, 0.2) is 0 Å². The molecule has 0 heteroatoms. The Hall–Kier alpha value is -1.56. The van der Waals surface area contributed by atoms with Crippen LogP contribution in [0.15, 0.2) is 24.3 Å².